The van der Waals surface area contributed by atoms with Crippen molar-refractivity contribution in [3.8, 4) is 0 Å². The van der Waals surface area contributed by atoms with E-state index in [0.29, 0.717) is 24.3 Å². The summed E-state index contributed by atoms with van der Waals surface area (Å²) in [6, 6.07) is 9.23. The van der Waals surface area contributed by atoms with Crippen LogP contribution in [0.15, 0.2) is 53.6 Å². The SMILES string of the molecule is CCS(=O)(=O)c1ccc2c(c1)CN(C(C)C)S(=O)(=O)N2CCN1CC=C(c2c[nH]c3cc(F)ccc23)CC1. The molecule has 11 heteroatoms. The third kappa shape index (κ3) is 4.88. The summed E-state index contributed by atoms with van der Waals surface area (Å²) in [7, 11) is -7.17. The quantitative estimate of drug-likeness (QED) is 0.468. The second kappa shape index (κ2) is 10.1. The highest BCUT2D eigenvalue weighted by atomic mass is 32.2. The van der Waals surface area contributed by atoms with Crippen LogP contribution in [0, 0.1) is 5.82 Å². The lowest BCUT2D eigenvalue weighted by Gasteiger charge is -2.40. The Labute approximate surface area is 223 Å². The van der Waals surface area contributed by atoms with Crippen molar-refractivity contribution in [2.75, 3.05) is 36.2 Å². The molecule has 3 aromatic rings. The summed E-state index contributed by atoms with van der Waals surface area (Å²) in [5.41, 5.74) is 4.25. The summed E-state index contributed by atoms with van der Waals surface area (Å²) in [6.45, 7) is 7.61. The number of rotatable bonds is 7. The van der Waals surface area contributed by atoms with Crippen LogP contribution in [0.3, 0.4) is 0 Å². The van der Waals surface area contributed by atoms with Gasteiger partial charge in [0, 0.05) is 61.4 Å². The molecule has 0 amide bonds. The van der Waals surface area contributed by atoms with Gasteiger partial charge >= 0.3 is 10.2 Å². The van der Waals surface area contributed by atoms with Crippen LogP contribution in [0.4, 0.5) is 10.1 Å². The molecule has 3 heterocycles. The van der Waals surface area contributed by atoms with E-state index in [9.17, 15) is 21.2 Å². The molecule has 0 aliphatic carbocycles. The van der Waals surface area contributed by atoms with E-state index in [1.165, 1.54) is 32.4 Å². The Kier molecular flexibility index (Phi) is 7.14. The van der Waals surface area contributed by atoms with Gasteiger partial charge in [-0.25, -0.2) is 12.8 Å². The van der Waals surface area contributed by atoms with Gasteiger partial charge in [0.1, 0.15) is 5.82 Å². The maximum atomic E-state index is 13.6. The predicted molar refractivity (Wildman–Crippen MR) is 148 cm³/mol. The van der Waals surface area contributed by atoms with Crippen LogP contribution in [0.5, 0.6) is 0 Å². The summed E-state index contributed by atoms with van der Waals surface area (Å²) < 4.78 is 68.5. The second-order valence-electron chi connectivity index (χ2n) is 10.1. The maximum Gasteiger partial charge on any atom is 0.304 e. The average molecular weight is 561 g/mol. The molecule has 2 aromatic carbocycles. The number of aromatic amines is 1. The Morgan fingerprint density at radius 3 is 2.58 bits per heavy atom. The van der Waals surface area contributed by atoms with Crippen molar-refractivity contribution in [2.45, 2.75) is 44.7 Å². The van der Waals surface area contributed by atoms with Gasteiger partial charge in [-0.3, -0.25) is 9.21 Å². The summed E-state index contributed by atoms with van der Waals surface area (Å²) >= 11 is 0. The lowest BCUT2D eigenvalue weighted by molar-refractivity contribution is 0.305. The Morgan fingerprint density at radius 1 is 1.11 bits per heavy atom. The number of aromatic nitrogens is 1. The number of hydrogen-bond acceptors (Lipinski definition) is 5. The monoisotopic (exact) mass is 560 g/mol. The summed E-state index contributed by atoms with van der Waals surface area (Å²) in [6.07, 6.45) is 4.86. The first-order valence-electron chi connectivity index (χ1n) is 12.8. The van der Waals surface area contributed by atoms with E-state index >= 15 is 0 Å². The van der Waals surface area contributed by atoms with Gasteiger partial charge in [0.25, 0.3) is 0 Å². The fourth-order valence-electron chi connectivity index (χ4n) is 5.23. The first-order chi connectivity index (χ1) is 18.0. The number of hydrogen-bond donors (Lipinski definition) is 1. The van der Waals surface area contributed by atoms with Crippen molar-refractivity contribution in [1.82, 2.24) is 14.2 Å². The Hall–Kier alpha value is -2.73. The number of fused-ring (bicyclic) bond motifs is 2. The normalized spacial score (nSPS) is 18.7. The number of benzene rings is 2. The molecular weight excluding hydrogens is 527 g/mol. The molecule has 5 rings (SSSR count). The number of nitrogens with one attached hydrogen (secondary N) is 1. The van der Waals surface area contributed by atoms with E-state index < -0.39 is 20.0 Å². The average Bonchev–Trinajstić information content (AvgIpc) is 3.30. The van der Waals surface area contributed by atoms with Gasteiger partial charge in [-0.1, -0.05) is 13.0 Å². The fraction of sp³-hybridized carbons (Fsp3) is 0.407. The number of nitrogens with zero attached hydrogens (tertiary/aromatic N) is 3. The molecule has 2 aliphatic heterocycles. The minimum atomic E-state index is -3.77. The van der Waals surface area contributed by atoms with Crippen LogP contribution in [0.25, 0.3) is 16.5 Å². The molecule has 8 nitrogen and oxygen atoms in total. The van der Waals surface area contributed by atoms with Crippen LogP contribution in [0.2, 0.25) is 0 Å². The number of anilines is 1. The third-order valence-corrected chi connectivity index (χ3v) is 11.3. The first kappa shape index (κ1) is 26.9. The highest BCUT2D eigenvalue weighted by Crippen LogP contribution is 2.35. The van der Waals surface area contributed by atoms with Gasteiger partial charge in [-0.15, -0.1) is 0 Å². The van der Waals surface area contributed by atoms with Crippen LogP contribution in [-0.2, 0) is 26.6 Å². The highest BCUT2D eigenvalue weighted by molar-refractivity contribution is 7.91. The lowest BCUT2D eigenvalue weighted by atomic mass is 9.99. The molecule has 0 bridgehead atoms. The molecule has 0 saturated heterocycles. The largest absolute Gasteiger partial charge is 0.360 e. The minimum Gasteiger partial charge on any atom is -0.360 e. The van der Waals surface area contributed by atoms with E-state index in [2.05, 4.69) is 16.0 Å². The summed E-state index contributed by atoms with van der Waals surface area (Å²) in [5.74, 6) is -0.287. The number of halogens is 1. The maximum absolute atomic E-state index is 13.6. The molecule has 1 aromatic heterocycles. The van der Waals surface area contributed by atoms with Crippen molar-refractivity contribution in [1.29, 1.82) is 0 Å². The number of H-pyrrole nitrogens is 1. The van der Waals surface area contributed by atoms with Crippen LogP contribution in [0.1, 0.15) is 38.3 Å². The predicted octanol–water partition coefficient (Wildman–Crippen LogP) is 4.17. The van der Waals surface area contributed by atoms with Crippen molar-refractivity contribution in [2.24, 2.45) is 0 Å². The van der Waals surface area contributed by atoms with Gasteiger partial charge in [0.05, 0.1) is 16.3 Å². The zero-order valence-electron chi connectivity index (χ0n) is 21.8. The van der Waals surface area contributed by atoms with Crippen LogP contribution in [-0.4, -0.2) is 69.0 Å². The minimum absolute atomic E-state index is 0.0123. The third-order valence-electron chi connectivity index (χ3n) is 7.44. The molecule has 0 unspecified atom stereocenters. The molecule has 1 N–H and O–H groups in total. The molecule has 0 radical (unpaired) electrons. The Balaban J connectivity index is 1.36. The van der Waals surface area contributed by atoms with Crippen molar-refractivity contribution >= 4 is 42.2 Å². The molecule has 0 atom stereocenters. The van der Waals surface area contributed by atoms with E-state index in [-0.39, 0.29) is 35.6 Å². The Morgan fingerprint density at radius 2 is 1.89 bits per heavy atom. The van der Waals surface area contributed by atoms with Crippen LogP contribution < -0.4 is 4.31 Å². The standard InChI is InChI=1S/C27H33FN4O4S2/c1-4-37(33,34)23-6-8-27-21(15-23)18-32(19(2)3)38(35,36)31(27)14-13-30-11-9-20(10-12-30)25-17-29-26-16-22(28)5-7-24(25)26/h5-9,15-17,19,29H,4,10-14,18H2,1-3H3. The van der Waals surface area contributed by atoms with Crippen LogP contribution >= 0.6 is 0 Å². The van der Waals surface area contributed by atoms with E-state index in [1.54, 1.807) is 25.1 Å². The van der Waals surface area contributed by atoms with Gasteiger partial charge in [0.15, 0.2) is 9.84 Å². The van der Waals surface area contributed by atoms with Gasteiger partial charge in [-0.05, 0) is 67.8 Å². The van der Waals surface area contributed by atoms with E-state index in [4.69, 9.17) is 0 Å². The van der Waals surface area contributed by atoms with Gasteiger partial charge in [-0.2, -0.15) is 12.7 Å². The topological polar surface area (TPSA) is 93.8 Å². The smallest absolute Gasteiger partial charge is 0.304 e. The fourth-order valence-corrected chi connectivity index (χ4v) is 7.99. The molecule has 0 saturated carbocycles. The lowest BCUT2D eigenvalue weighted by Crippen LogP contribution is -2.52. The first-order valence-corrected chi connectivity index (χ1v) is 15.9. The molecular formula is C27H33FN4O4S2. The van der Waals surface area contributed by atoms with Crippen molar-refractivity contribution < 1.29 is 21.2 Å². The molecule has 38 heavy (non-hydrogen) atoms. The summed E-state index contributed by atoms with van der Waals surface area (Å²) in [4.78, 5) is 5.57. The van der Waals surface area contributed by atoms with Crippen molar-refractivity contribution in [3.05, 3.63) is 65.6 Å². The van der Waals surface area contributed by atoms with Gasteiger partial charge in [0.2, 0.25) is 0 Å². The molecule has 0 spiro atoms. The molecule has 204 valence electrons. The van der Waals surface area contributed by atoms with Gasteiger partial charge < -0.3 is 4.98 Å². The van der Waals surface area contributed by atoms with E-state index in [0.717, 1.165) is 29.4 Å². The molecule has 2 aliphatic rings. The second-order valence-corrected chi connectivity index (χ2v) is 14.2. The zero-order chi connectivity index (χ0) is 27.2. The van der Waals surface area contributed by atoms with Crippen molar-refractivity contribution in [3.63, 3.8) is 0 Å². The summed E-state index contributed by atoms with van der Waals surface area (Å²) in [5, 5.41) is 0.986. The van der Waals surface area contributed by atoms with E-state index in [1.807, 2.05) is 20.0 Å². The molecule has 0 fully saturated rings. The number of sulfone groups is 1. The Bertz CT molecular complexity index is 1610. The zero-order valence-corrected chi connectivity index (χ0v) is 23.4. The highest BCUT2D eigenvalue weighted by Gasteiger charge is 2.38.